The number of H-pyrrole nitrogens is 1. The highest BCUT2D eigenvalue weighted by atomic mass is 15.4. The van der Waals surface area contributed by atoms with E-state index in [2.05, 4.69) is 40.2 Å². The van der Waals surface area contributed by atoms with Gasteiger partial charge in [-0.05, 0) is 12.8 Å². The SMILES string of the molecule is CCCCC[n+]1cc(-c2ccccc2)n[nH]1. The van der Waals surface area contributed by atoms with Gasteiger partial charge in [0.25, 0.3) is 0 Å². The lowest BCUT2D eigenvalue weighted by Crippen LogP contribution is -2.34. The maximum atomic E-state index is 4.30. The number of hydrogen-bond acceptors (Lipinski definition) is 1. The van der Waals surface area contributed by atoms with Crippen molar-refractivity contribution in [3.8, 4) is 11.3 Å². The molecule has 3 heteroatoms. The molecule has 16 heavy (non-hydrogen) atoms. The molecule has 1 heterocycles. The quantitative estimate of drug-likeness (QED) is 0.604. The first-order valence-corrected chi connectivity index (χ1v) is 5.90. The predicted molar refractivity (Wildman–Crippen MR) is 63.7 cm³/mol. The summed E-state index contributed by atoms with van der Waals surface area (Å²) in [5.41, 5.74) is 2.17. The van der Waals surface area contributed by atoms with Crippen molar-refractivity contribution in [3.05, 3.63) is 36.5 Å². The molecule has 0 bridgehead atoms. The van der Waals surface area contributed by atoms with Crippen LogP contribution in [0.3, 0.4) is 0 Å². The van der Waals surface area contributed by atoms with E-state index in [0.717, 1.165) is 17.8 Å². The first-order valence-electron chi connectivity index (χ1n) is 5.90. The minimum absolute atomic E-state index is 1.01. The number of benzene rings is 1. The number of nitrogens with zero attached hydrogens (tertiary/aromatic N) is 2. The molecule has 84 valence electrons. The van der Waals surface area contributed by atoms with Crippen LogP contribution in [-0.2, 0) is 6.54 Å². The molecule has 0 amide bonds. The smallest absolute Gasteiger partial charge is 0.162 e. The molecule has 0 aliphatic carbocycles. The van der Waals surface area contributed by atoms with E-state index in [1.807, 2.05) is 18.2 Å². The lowest BCUT2D eigenvalue weighted by Gasteiger charge is -1.92. The van der Waals surface area contributed by atoms with Crippen LogP contribution in [-0.4, -0.2) is 10.3 Å². The molecule has 0 atom stereocenters. The van der Waals surface area contributed by atoms with E-state index in [9.17, 15) is 0 Å². The molecular formula is C13H18N3+. The van der Waals surface area contributed by atoms with Gasteiger partial charge in [-0.25, -0.2) is 0 Å². The zero-order valence-corrected chi connectivity index (χ0v) is 9.69. The number of nitrogens with one attached hydrogen (secondary N) is 1. The van der Waals surface area contributed by atoms with Crippen LogP contribution in [0.2, 0.25) is 0 Å². The van der Waals surface area contributed by atoms with Crippen LogP contribution in [0.1, 0.15) is 26.2 Å². The summed E-state index contributed by atoms with van der Waals surface area (Å²) >= 11 is 0. The molecule has 1 aromatic heterocycles. The standard InChI is InChI=1S/C13H17N3/c1-2-3-7-10-16-11-13(14-15-16)12-8-5-4-6-9-12/h4-6,8-9,11H,2-3,7,10H2,1H3/p+1. The molecule has 0 spiro atoms. The Bertz CT molecular complexity index is 420. The summed E-state index contributed by atoms with van der Waals surface area (Å²) in [5, 5.41) is 7.33. The minimum Gasteiger partial charge on any atom is -0.162 e. The second-order valence-corrected chi connectivity index (χ2v) is 3.99. The van der Waals surface area contributed by atoms with Crippen molar-refractivity contribution in [2.45, 2.75) is 32.7 Å². The summed E-state index contributed by atoms with van der Waals surface area (Å²) in [6.07, 6.45) is 5.80. The molecule has 0 radical (unpaired) electrons. The maximum Gasteiger partial charge on any atom is 0.248 e. The number of aryl methyl sites for hydroxylation is 1. The van der Waals surface area contributed by atoms with Gasteiger partial charge in [-0.3, -0.25) is 0 Å². The number of hydrogen-bond donors (Lipinski definition) is 1. The van der Waals surface area contributed by atoms with Crippen molar-refractivity contribution in [1.82, 2.24) is 10.3 Å². The summed E-state index contributed by atoms with van der Waals surface area (Å²) in [5.74, 6) is 0. The normalized spacial score (nSPS) is 10.6. The third-order valence-corrected chi connectivity index (χ3v) is 2.65. The van der Waals surface area contributed by atoms with Crippen molar-refractivity contribution < 1.29 is 4.68 Å². The van der Waals surface area contributed by atoms with Crippen molar-refractivity contribution in [1.29, 1.82) is 0 Å². The molecular weight excluding hydrogens is 198 g/mol. The first-order chi connectivity index (χ1) is 7.90. The van der Waals surface area contributed by atoms with Gasteiger partial charge in [0, 0.05) is 10.7 Å². The summed E-state index contributed by atoms with van der Waals surface area (Å²) in [6, 6.07) is 10.2. The Morgan fingerprint density at radius 2 is 2.00 bits per heavy atom. The highest BCUT2D eigenvalue weighted by Crippen LogP contribution is 2.12. The lowest BCUT2D eigenvalue weighted by molar-refractivity contribution is -0.753. The van der Waals surface area contributed by atoms with Crippen molar-refractivity contribution in [2.75, 3.05) is 0 Å². The second-order valence-electron chi connectivity index (χ2n) is 3.99. The Hall–Kier alpha value is -1.64. The van der Waals surface area contributed by atoms with Gasteiger partial charge < -0.3 is 0 Å². The van der Waals surface area contributed by atoms with E-state index in [1.54, 1.807) is 0 Å². The molecule has 2 aromatic rings. The zero-order valence-electron chi connectivity index (χ0n) is 9.69. The molecule has 0 unspecified atom stereocenters. The predicted octanol–water partition coefficient (Wildman–Crippen LogP) is 2.55. The Labute approximate surface area is 96.1 Å². The molecule has 2 rings (SSSR count). The largest absolute Gasteiger partial charge is 0.248 e. The van der Waals surface area contributed by atoms with Gasteiger partial charge in [0.05, 0.1) is 0 Å². The number of rotatable bonds is 5. The Morgan fingerprint density at radius 3 is 2.75 bits per heavy atom. The average Bonchev–Trinajstić information content (AvgIpc) is 2.79. The van der Waals surface area contributed by atoms with Gasteiger partial charge >= 0.3 is 0 Å². The van der Waals surface area contributed by atoms with Crippen LogP contribution in [0.15, 0.2) is 36.5 Å². The van der Waals surface area contributed by atoms with E-state index in [0.29, 0.717) is 0 Å². The number of aromatic amines is 1. The molecule has 0 saturated carbocycles. The van der Waals surface area contributed by atoms with Gasteiger partial charge in [-0.15, -0.1) is 0 Å². The Kier molecular flexibility index (Phi) is 3.70. The monoisotopic (exact) mass is 216 g/mol. The van der Waals surface area contributed by atoms with Crippen LogP contribution in [0.5, 0.6) is 0 Å². The molecule has 0 aliphatic rings. The van der Waals surface area contributed by atoms with Crippen molar-refractivity contribution >= 4 is 0 Å². The summed E-state index contributed by atoms with van der Waals surface area (Å²) in [6.45, 7) is 3.24. The third-order valence-electron chi connectivity index (χ3n) is 2.65. The van der Waals surface area contributed by atoms with Crippen LogP contribution in [0.25, 0.3) is 11.3 Å². The second kappa shape index (κ2) is 5.45. The number of aromatic nitrogens is 3. The highest BCUT2D eigenvalue weighted by molar-refractivity contribution is 5.56. The summed E-state index contributed by atoms with van der Waals surface area (Å²) in [4.78, 5) is 0. The van der Waals surface area contributed by atoms with Crippen molar-refractivity contribution in [2.24, 2.45) is 0 Å². The first kappa shape index (κ1) is 10.9. The molecule has 1 N–H and O–H groups in total. The lowest BCUT2D eigenvalue weighted by atomic mass is 10.2. The van der Waals surface area contributed by atoms with E-state index in [4.69, 9.17) is 0 Å². The van der Waals surface area contributed by atoms with Gasteiger partial charge in [-0.1, -0.05) is 48.9 Å². The van der Waals surface area contributed by atoms with E-state index >= 15 is 0 Å². The third kappa shape index (κ3) is 2.69. The van der Waals surface area contributed by atoms with Gasteiger partial charge in [0.1, 0.15) is 6.54 Å². The molecule has 3 nitrogen and oxygen atoms in total. The minimum atomic E-state index is 1.01. The van der Waals surface area contributed by atoms with Crippen LogP contribution in [0, 0.1) is 0 Å². The fourth-order valence-corrected chi connectivity index (χ4v) is 1.72. The van der Waals surface area contributed by atoms with Crippen LogP contribution < -0.4 is 4.68 Å². The topological polar surface area (TPSA) is 32.6 Å². The maximum absolute atomic E-state index is 4.30. The average molecular weight is 216 g/mol. The van der Waals surface area contributed by atoms with Gasteiger partial charge in [0.15, 0.2) is 6.20 Å². The fraction of sp³-hybridized carbons (Fsp3) is 0.385. The van der Waals surface area contributed by atoms with Gasteiger partial charge in [0.2, 0.25) is 5.69 Å². The van der Waals surface area contributed by atoms with E-state index in [1.165, 1.54) is 19.3 Å². The Morgan fingerprint density at radius 1 is 1.19 bits per heavy atom. The van der Waals surface area contributed by atoms with Gasteiger partial charge in [-0.2, -0.15) is 4.68 Å². The van der Waals surface area contributed by atoms with E-state index in [-0.39, 0.29) is 0 Å². The summed E-state index contributed by atoms with van der Waals surface area (Å²) in [7, 11) is 0. The molecule has 1 aromatic carbocycles. The number of unbranched alkanes of at least 4 members (excludes halogenated alkanes) is 2. The summed E-state index contributed by atoms with van der Waals surface area (Å²) < 4.78 is 2.05. The zero-order chi connectivity index (χ0) is 11.2. The highest BCUT2D eigenvalue weighted by Gasteiger charge is 2.10. The molecule has 0 fully saturated rings. The molecule has 0 aliphatic heterocycles. The van der Waals surface area contributed by atoms with E-state index < -0.39 is 0 Å². The molecule has 0 saturated heterocycles. The Balaban J connectivity index is 2.02. The van der Waals surface area contributed by atoms with Crippen molar-refractivity contribution in [3.63, 3.8) is 0 Å². The fourth-order valence-electron chi connectivity index (χ4n) is 1.72. The van der Waals surface area contributed by atoms with Crippen LogP contribution >= 0.6 is 0 Å². The van der Waals surface area contributed by atoms with Crippen LogP contribution in [0.4, 0.5) is 0 Å².